The normalized spacial score (nSPS) is 19.2. The molecule has 0 spiro atoms. The van der Waals surface area contributed by atoms with Crippen LogP contribution < -0.4 is 20.9 Å². The van der Waals surface area contributed by atoms with Crippen molar-refractivity contribution in [2.24, 2.45) is 0 Å². The van der Waals surface area contributed by atoms with Crippen LogP contribution in [-0.4, -0.2) is 25.7 Å². The molecule has 5 heteroatoms. The van der Waals surface area contributed by atoms with Gasteiger partial charge in [0.15, 0.2) is 0 Å². The van der Waals surface area contributed by atoms with E-state index < -0.39 is 0 Å². The number of fused-ring (bicyclic) bond motifs is 4. The maximum absolute atomic E-state index is 6.16. The molecule has 4 rings (SSSR count). The molecule has 0 fully saturated rings. The molecular weight excluding hydrogens is 302 g/mol. The van der Waals surface area contributed by atoms with Crippen molar-refractivity contribution in [2.75, 3.05) is 32.2 Å². The summed E-state index contributed by atoms with van der Waals surface area (Å²) in [5, 5.41) is 0. The molecule has 0 amide bonds. The van der Waals surface area contributed by atoms with Crippen molar-refractivity contribution in [2.45, 2.75) is 25.4 Å². The first-order valence-electron chi connectivity index (χ1n) is 8.27. The fourth-order valence-electron chi connectivity index (χ4n) is 4.11. The molecule has 126 valence electrons. The maximum Gasteiger partial charge on any atom is 0.146 e. The van der Waals surface area contributed by atoms with Gasteiger partial charge in [-0.2, -0.15) is 0 Å². The van der Waals surface area contributed by atoms with Gasteiger partial charge in [-0.15, -0.1) is 0 Å². The van der Waals surface area contributed by atoms with Crippen LogP contribution in [0.1, 0.15) is 28.3 Å². The van der Waals surface area contributed by atoms with E-state index in [1.165, 1.54) is 22.3 Å². The number of nitrogen functional groups attached to an aromatic ring is 2. The van der Waals surface area contributed by atoms with E-state index in [1.807, 2.05) is 6.07 Å². The van der Waals surface area contributed by atoms with Gasteiger partial charge in [0.1, 0.15) is 11.5 Å². The van der Waals surface area contributed by atoms with Gasteiger partial charge < -0.3 is 20.9 Å². The first-order chi connectivity index (χ1) is 11.6. The van der Waals surface area contributed by atoms with E-state index in [1.54, 1.807) is 14.2 Å². The third-order valence-corrected chi connectivity index (χ3v) is 5.33. The number of methoxy groups -OCH3 is 2. The molecule has 0 unspecified atom stereocenters. The van der Waals surface area contributed by atoms with Gasteiger partial charge in [-0.25, -0.2) is 0 Å². The Bertz CT molecular complexity index is 804. The van der Waals surface area contributed by atoms with Crippen LogP contribution in [0.2, 0.25) is 0 Å². The summed E-state index contributed by atoms with van der Waals surface area (Å²) in [4.78, 5) is 2.50. The Balaban J connectivity index is 1.77. The number of hydrogen-bond donors (Lipinski definition) is 2. The summed E-state index contributed by atoms with van der Waals surface area (Å²) in [6.07, 6.45) is 1.95. The largest absolute Gasteiger partial charge is 0.495 e. The predicted molar refractivity (Wildman–Crippen MR) is 95.4 cm³/mol. The molecule has 2 heterocycles. The molecular formula is C19H23N3O2. The van der Waals surface area contributed by atoms with Crippen LogP contribution in [0.15, 0.2) is 24.3 Å². The lowest BCUT2D eigenvalue weighted by molar-refractivity contribution is 0.158. The van der Waals surface area contributed by atoms with Gasteiger partial charge in [0.25, 0.3) is 0 Å². The predicted octanol–water partition coefficient (Wildman–Crippen LogP) is 2.52. The molecule has 0 aromatic heterocycles. The number of ether oxygens (including phenoxy) is 2. The van der Waals surface area contributed by atoms with Gasteiger partial charge >= 0.3 is 0 Å². The highest BCUT2D eigenvalue weighted by molar-refractivity contribution is 5.62. The summed E-state index contributed by atoms with van der Waals surface area (Å²) >= 11 is 0. The molecule has 0 saturated carbocycles. The molecule has 0 radical (unpaired) electrons. The SMILES string of the molecule is COc1cc2c(cc1N)[C@@H]1Cc3ccc(N)c(OC)c3CN1CC2. The zero-order valence-corrected chi connectivity index (χ0v) is 14.1. The van der Waals surface area contributed by atoms with E-state index in [2.05, 4.69) is 23.1 Å². The molecule has 24 heavy (non-hydrogen) atoms. The monoisotopic (exact) mass is 325 g/mol. The molecule has 2 aromatic rings. The Labute approximate surface area is 142 Å². The molecule has 0 saturated heterocycles. The van der Waals surface area contributed by atoms with Crippen molar-refractivity contribution in [1.82, 2.24) is 4.90 Å². The topological polar surface area (TPSA) is 73.7 Å². The minimum atomic E-state index is 0.350. The summed E-state index contributed by atoms with van der Waals surface area (Å²) in [5.74, 6) is 1.60. The van der Waals surface area contributed by atoms with Crippen LogP contribution in [0.25, 0.3) is 0 Å². The highest BCUT2D eigenvalue weighted by atomic mass is 16.5. The first kappa shape index (κ1) is 15.1. The summed E-state index contributed by atoms with van der Waals surface area (Å²) in [6, 6.07) is 8.61. The third kappa shape index (κ3) is 2.19. The number of nitrogens with two attached hydrogens (primary N) is 2. The molecule has 2 aliphatic rings. The summed E-state index contributed by atoms with van der Waals surface area (Å²) in [5.41, 5.74) is 18.8. The molecule has 5 nitrogen and oxygen atoms in total. The van der Waals surface area contributed by atoms with Crippen LogP contribution >= 0.6 is 0 Å². The van der Waals surface area contributed by atoms with Gasteiger partial charge in [0.05, 0.1) is 25.6 Å². The average Bonchev–Trinajstić information content (AvgIpc) is 2.59. The Hall–Kier alpha value is -2.40. The Kier molecular flexibility index (Phi) is 3.53. The van der Waals surface area contributed by atoms with Gasteiger partial charge in [-0.1, -0.05) is 6.07 Å². The van der Waals surface area contributed by atoms with Crippen molar-refractivity contribution in [3.63, 3.8) is 0 Å². The summed E-state index contributed by atoms with van der Waals surface area (Å²) < 4.78 is 10.9. The second-order valence-electron chi connectivity index (χ2n) is 6.56. The van der Waals surface area contributed by atoms with Crippen LogP contribution in [0.5, 0.6) is 11.5 Å². The number of hydrogen-bond acceptors (Lipinski definition) is 5. The molecule has 4 N–H and O–H groups in total. The van der Waals surface area contributed by atoms with Crippen molar-refractivity contribution in [3.8, 4) is 11.5 Å². The maximum atomic E-state index is 6.16. The zero-order valence-electron chi connectivity index (χ0n) is 14.1. The van der Waals surface area contributed by atoms with Crippen molar-refractivity contribution < 1.29 is 9.47 Å². The number of anilines is 2. The van der Waals surface area contributed by atoms with E-state index in [9.17, 15) is 0 Å². The number of benzene rings is 2. The zero-order chi connectivity index (χ0) is 16.8. The van der Waals surface area contributed by atoms with Crippen molar-refractivity contribution in [3.05, 3.63) is 46.5 Å². The van der Waals surface area contributed by atoms with Gasteiger partial charge in [-0.3, -0.25) is 4.90 Å². The summed E-state index contributed by atoms with van der Waals surface area (Å²) in [6.45, 7) is 1.88. The van der Waals surface area contributed by atoms with Crippen LogP contribution in [-0.2, 0) is 19.4 Å². The van der Waals surface area contributed by atoms with E-state index in [0.717, 1.165) is 37.4 Å². The Morgan fingerprint density at radius 2 is 1.88 bits per heavy atom. The Morgan fingerprint density at radius 3 is 2.62 bits per heavy atom. The van der Waals surface area contributed by atoms with Crippen LogP contribution in [0, 0.1) is 0 Å². The van der Waals surface area contributed by atoms with Crippen LogP contribution in [0.4, 0.5) is 11.4 Å². The highest BCUT2D eigenvalue weighted by Crippen LogP contribution is 2.43. The molecule has 2 aliphatic heterocycles. The minimum absolute atomic E-state index is 0.350. The van der Waals surface area contributed by atoms with E-state index in [0.29, 0.717) is 17.4 Å². The highest BCUT2D eigenvalue weighted by Gasteiger charge is 2.34. The second kappa shape index (κ2) is 5.60. The van der Waals surface area contributed by atoms with Gasteiger partial charge in [-0.05, 0) is 47.7 Å². The standard InChI is InChI=1S/C19H23N3O2/c1-23-18-8-12-5-6-22-10-14-11(3-4-15(20)19(14)24-2)7-17(22)13(12)9-16(18)21/h3-4,8-9,17H,5-7,10,20-21H2,1-2H3/t17-/m0/s1. The number of rotatable bonds is 2. The quantitative estimate of drug-likeness (QED) is 0.830. The second-order valence-corrected chi connectivity index (χ2v) is 6.56. The number of nitrogens with zero attached hydrogens (tertiary/aromatic N) is 1. The molecule has 2 aromatic carbocycles. The van der Waals surface area contributed by atoms with E-state index >= 15 is 0 Å². The lowest BCUT2D eigenvalue weighted by atomic mass is 9.83. The van der Waals surface area contributed by atoms with Gasteiger partial charge in [0, 0.05) is 24.7 Å². The smallest absolute Gasteiger partial charge is 0.146 e. The minimum Gasteiger partial charge on any atom is -0.495 e. The lowest BCUT2D eigenvalue weighted by Gasteiger charge is -2.42. The molecule has 0 bridgehead atoms. The first-order valence-corrected chi connectivity index (χ1v) is 8.27. The fraction of sp³-hybridized carbons (Fsp3) is 0.368. The fourth-order valence-corrected chi connectivity index (χ4v) is 4.11. The molecule has 1 atom stereocenters. The van der Waals surface area contributed by atoms with E-state index in [-0.39, 0.29) is 0 Å². The summed E-state index contributed by atoms with van der Waals surface area (Å²) in [7, 11) is 3.36. The lowest BCUT2D eigenvalue weighted by Crippen LogP contribution is -2.39. The van der Waals surface area contributed by atoms with Crippen LogP contribution in [0.3, 0.4) is 0 Å². The van der Waals surface area contributed by atoms with E-state index in [4.69, 9.17) is 20.9 Å². The van der Waals surface area contributed by atoms with Gasteiger partial charge in [0.2, 0.25) is 0 Å². The van der Waals surface area contributed by atoms with Crippen molar-refractivity contribution >= 4 is 11.4 Å². The molecule has 0 aliphatic carbocycles. The van der Waals surface area contributed by atoms with Crippen molar-refractivity contribution in [1.29, 1.82) is 0 Å². The third-order valence-electron chi connectivity index (χ3n) is 5.33. The Morgan fingerprint density at radius 1 is 1.04 bits per heavy atom. The average molecular weight is 325 g/mol.